The number of amides is 5. The van der Waals surface area contributed by atoms with Gasteiger partial charge in [-0.2, -0.15) is 0 Å². The molecule has 0 saturated carbocycles. The summed E-state index contributed by atoms with van der Waals surface area (Å²) in [6.07, 6.45) is 0. The molecule has 4 unspecified atom stereocenters. The topological polar surface area (TPSA) is 105 Å². The number of likely N-dealkylation sites (tertiary alicyclic amines) is 2. The lowest BCUT2D eigenvalue weighted by atomic mass is 9.86. The Hall–Kier alpha value is -3.92. The second-order valence-corrected chi connectivity index (χ2v) is 9.94. The average Bonchev–Trinajstić information content (AvgIpc) is 3.38. The molecule has 194 valence electrons. The highest BCUT2D eigenvalue weighted by molar-refractivity contribution is 6.10. The van der Waals surface area contributed by atoms with Crippen LogP contribution in [0.2, 0.25) is 0 Å². The zero-order valence-corrected chi connectivity index (χ0v) is 21.3. The number of carbonyl (C=O) groups is 4. The molecule has 2 aromatic carbocycles. The summed E-state index contributed by atoms with van der Waals surface area (Å²) in [5.41, 5.74) is 2.23. The minimum absolute atomic E-state index is 0.302. The largest absolute Gasteiger partial charge is 0.378 e. The average molecular weight is 505 g/mol. The number of urea groups is 1. The fraction of sp³-hybridized carbons (Fsp3) is 0.407. The Labute approximate surface area is 216 Å². The van der Waals surface area contributed by atoms with Gasteiger partial charge in [0.05, 0.1) is 17.9 Å². The molecule has 3 aliphatic heterocycles. The van der Waals surface area contributed by atoms with Gasteiger partial charge in [-0.1, -0.05) is 30.3 Å². The second kappa shape index (κ2) is 9.85. The SMILES string of the molecule is CN1C(=O)C2C(C1=O)C(c1ccc(N(C)C)cc1)N(C(=O)Nc1ccccc1)C2C(=O)N1CCNCC1. The summed E-state index contributed by atoms with van der Waals surface area (Å²) in [6.45, 7) is 2.21. The number of fused-ring (bicyclic) bond motifs is 1. The number of piperazine rings is 1. The van der Waals surface area contributed by atoms with Crippen LogP contribution >= 0.6 is 0 Å². The molecule has 5 amide bonds. The first kappa shape index (κ1) is 24.8. The lowest BCUT2D eigenvalue weighted by Gasteiger charge is -2.36. The van der Waals surface area contributed by atoms with Gasteiger partial charge in [-0.3, -0.25) is 19.3 Å². The highest BCUT2D eigenvalue weighted by Crippen LogP contribution is 2.50. The molecule has 10 nitrogen and oxygen atoms in total. The maximum Gasteiger partial charge on any atom is 0.323 e. The van der Waals surface area contributed by atoms with Gasteiger partial charge < -0.3 is 25.3 Å². The minimum atomic E-state index is -1.09. The third-order valence-electron chi connectivity index (χ3n) is 7.59. The lowest BCUT2D eigenvalue weighted by molar-refractivity contribution is -0.144. The van der Waals surface area contributed by atoms with E-state index >= 15 is 0 Å². The second-order valence-electron chi connectivity index (χ2n) is 9.94. The van der Waals surface area contributed by atoms with E-state index in [9.17, 15) is 19.2 Å². The summed E-state index contributed by atoms with van der Waals surface area (Å²) in [4.78, 5) is 60.9. The van der Waals surface area contributed by atoms with Gasteiger partial charge in [0.1, 0.15) is 6.04 Å². The van der Waals surface area contributed by atoms with Gasteiger partial charge in [0.2, 0.25) is 17.7 Å². The Balaban J connectivity index is 1.61. The molecule has 3 saturated heterocycles. The third kappa shape index (κ3) is 4.31. The van der Waals surface area contributed by atoms with Crippen LogP contribution in [0.25, 0.3) is 0 Å². The van der Waals surface area contributed by atoms with Crippen LogP contribution in [0.5, 0.6) is 0 Å². The number of nitrogens with zero attached hydrogens (tertiary/aromatic N) is 4. The molecule has 0 aromatic heterocycles. The molecule has 2 N–H and O–H groups in total. The fourth-order valence-corrected chi connectivity index (χ4v) is 5.69. The van der Waals surface area contributed by atoms with Crippen molar-refractivity contribution in [3.63, 3.8) is 0 Å². The predicted octanol–water partition coefficient (Wildman–Crippen LogP) is 1.37. The van der Waals surface area contributed by atoms with Crippen LogP contribution in [0.1, 0.15) is 11.6 Å². The van der Waals surface area contributed by atoms with E-state index in [4.69, 9.17) is 0 Å². The Morgan fingerprint density at radius 3 is 2.16 bits per heavy atom. The van der Waals surface area contributed by atoms with Crippen molar-refractivity contribution in [2.24, 2.45) is 11.8 Å². The van der Waals surface area contributed by atoms with Gasteiger partial charge in [0.15, 0.2) is 0 Å². The van der Waals surface area contributed by atoms with Crippen LogP contribution in [0, 0.1) is 11.8 Å². The number of carbonyl (C=O) groups excluding carboxylic acids is 4. The van der Waals surface area contributed by atoms with E-state index in [1.54, 1.807) is 29.2 Å². The van der Waals surface area contributed by atoms with Gasteiger partial charge in [-0.25, -0.2) is 4.79 Å². The van der Waals surface area contributed by atoms with E-state index in [-0.39, 0.29) is 11.8 Å². The van der Waals surface area contributed by atoms with Crippen LogP contribution in [0.3, 0.4) is 0 Å². The zero-order chi connectivity index (χ0) is 26.3. The highest BCUT2D eigenvalue weighted by Gasteiger charge is 2.65. The van der Waals surface area contributed by atoms with Crippen LogP contribution < -0.4 is 15.5 Å². The number of para-hydroxylation sites is 1. The van der Waals surface area contributed by atoms with Gasteiger partial charge in [-0.15, -0.1) is 0 Å². The third-order valence-corrected chi connectivity index (χ3v) is 7.59. The number of rotatable bonds is 4. The molecule has 4 atom stereocenters. The van der Waals surface area contributed by atoms with Gasteiger partial charge in [0.25, 0.3) is 0 Å². The van der Waals surface area contributed by atoms with Gasteiger partial charge in [-0.05, 0) is 29.8 Å². The van der Waals surface area contributed by atoms with Crippen LogP contribution in [-0.4, -0.2) is 91.8 Å². The van der Waals surface area contributed by atoms with Crippen molar-refractivity contribution in [1.82, 2.24) is 20.0 Å². The van der Waals surface area contributed by atoms with E-state index in [0.29, 0.717) is 37.4 Å². The summed E-state index contributed by atoms with van der Waals surface area (Å²) < 4.78 is 0. The van der Waals surface area contributed by atoms with Crippen LogP contribution in [0.4, 0.5) is 16.2 Å². The molecule has 0 radical (unpaired) electrons. The molecule has 0 bridgehead atoms. The molecular formula is C27H32N6O4. The number of benzene rings is 2. The molecule has 0 spiro atoms. The lowest BCUT2D eigenvalue weighted by Crippen LogP contribution is -2.57. The van der Waals surface area contributed by atoms with Crippen molar-refractivity contribution in [2.45, 2.75) is 12.1 Å². The zero-order valence-electron chi connectivity index (χ0n) is 21.3. The number of hydrogen-bond donors (Lipinski definition) is 2. The molecule has 5 rings (SSSR count). The van der Waals surface area contributed by atoms with Crippen molar-refractivity contribution in [2.75, 3.05) is 57.5 Å². The first-order valence-electron chi connectivity index (χ1n) is 12.5. The maximum absolute atomic E-state index is 14.0. The molecule has 2 aromatic rings. The monoisotopic (exact) mass is 504 g/mol. The van der Waals surface area contributed by atoms with E-state index in [0.717, 1.165) is 10.6 Å². The Morgan fingerprint density at radius 2 is 1.54 bits per heavy atom. The van der Waals surface area contributed by atoms with Crippen LogP contribution in [-0.2, 0) is 14.4 Å². The number of nitrogens with one attached hydrogen (secondary N) is 2. The van der Waals surface area contributed by atoms with Crippen molar-refractivity contribution < 1.29 is 19.2 Å². The molecule has 3 fully saturated rings. The van der Waals surface area contributed by atoms with Gasteiger partial charge in [0, 0.05) is 58.7 Å². The van der Waals surface area contributed by atoms with Crippen molar-refractivity contribution in [3.8, 4) is 0 Å². The minimum Gasteiger partial charge on any atom is -0.378 e. The molecule has 10 heteroatoms. The standard InChI is InChI=1S/C27H32N6O4/c1-30(2)19-11-9-17(10-12-19)22-20-21(25(35)31(3)24(20)34)23(26(36)32-15-13-28-14-16-32)33(22)27(37)29-18-7-5-4-6-8-18/h4-12,20-23,28H,13-16H2,1-3H3,(H,29,37). The quantitative estimate of drug-likeness (QED) is 0.610. The Kier molecular flexibility index (Phi) is 6.59. The summed E-state index contributed by atoms with van der Waals surface area (Å²) >= 11 is 0. The summed E-state index contributed by atoms with van der Waals surface area (Å²) in [5, 5.41) is 6.12. The van der Waals surface area contributed by atoms with Crippen LogP contribution in [0.15, 0.2) is 54.6 Å². The van der Waals surface area contributed by atoms with E-state index < -0.39 is 35.9 Å². The number of imide groups is 1. The van der Waals surface area contributed by atoms with Crippen molar-refractivity contribution in [1.29, 1.82) is 0 Å². The number of anilines is 2. The summed E-state index contributed by atoms with van der Waals surface area (Å²) in [5.74, 6) is -2.89. The fourth-order valence-electron chi connectivity index (χ4n) is 5.69. The van der Waals surface area contributed by atoms with Crippen molar-refractivity contribution in [3.05, 3.63) is 60.2 Å². The van der Waals surface area contributed by atoms with Crippen molar-refractivity contribution >= 4 is 35.1 Å². The molecule has 37 heavy (non-hydrogen) atoms. The molecule has 3 heterocycles. The van der Waals surface area contributed by atoms with E-state index in [1.807, 2.05) is 49.3 Å². The molecule has 3 aliphatic rings. The number of hydrogen-bond acceptors (Lipinski definition) is 6. The van der Waals surface area contributed by atoms with Gasteiger partial charge >= 0.3 is 6.03 Å². The first-order chi connectivity index (χ1) is 17.8. The van der Waals surface area contributed by atoms with E-state index in [2.05, 4.69) is 10.6 Å². The Bertz CT molecular complexity index is 1200. The maximum atomic E-state index is 14.0. The normalized spacial score (nSPS) is 25.3. The summed E-state index contributed by atoms with van der Waals surface area (Å²) in [7, 11) is 5.31. The smallest absolute Gasteiger partial charge is 0.323 e. The first-order valence-corrected chi connectivity index (χ1v) is 12.5. The molecular weight excluding hydrogens is 472 g/mol. The summed E-state index contributed by atoms with van der Waals surface area (Å²) in [6, 6.07) is 14.1. The predicted molar refractivity (Wildman–Crippen MR) is 139 cm³/mol. The van der Waals surface area contributed by atoms with E-state index in [1.165, 1.54) is 11.9 Å². The Morgan fingerprint density at radius 1 is 0.919 bits per heavy atom. The molecule has 0 aliphatic carbocycles. The highest BCUT2D eigenvalue weighted by atomic mass is 16.2.